The quantitative estimate of drug-likeness (QED) is 0.688. The smallest absolute Gasteiger partial charge is 0.267 e. The normalized spacial score (nSPS) is 10.8. The van der Waals surface area contributed by atoms with Crippen molar-refractivity contribution in [2.75, 3.05) is 11.1 Å². The molecule has 1 aromatic heterocycles. The van der Waals surface area contributed by atoms with E-state index in [1.54, 1.807) is 0 Å². The first-order valence-corrected chi connectivity index (χ1v) is 8.02. The fourth-order valence-electron chi connectivity index (χ4n) is 2.16. The predicted octanol–water partition coefficient (Wildman–Crippen LogP) is 4.81. The van der Waals surface area contributed by atoms with E-state index in [0.717, 1.165) is 25.8 Å². The van der Waals surface area contributed by atoms with Crippen molar-refractivity contribution in [2.24, 2.45) is 0 Å². The molecule has 0 aliphatic carbocycles. The molecule has 2 aromatic carbocycles. The third kappa shape index (κ3) is 2.54. The molecule has 0 bridgehead atoms. The van der Waals surface area contributed by atoms with Crippen LogP contribution >= 0.6 is 27.3 Å². The lowest BCUT2D eigenvalue weighted by atomic mass is 10.2. The van der Waals surface area contributed by atoms with Gasteiger partial charge in [-0.05, 0) is 30.7 Å². The minimum atomic E-state index is -0.171. The van der Waals surface area contributed by atoms with Gasteiger partial charge in [0.25, 0.3) is 5.91 Å². The second-order valence-corrected chi connectivity index (χ2v) is 6.61. The first-order chi connectivity index (χ1) is 10.1. The molecular weight excluding hydrogens is 348 g/mol. The van der Waals surface area contributed by atoms with E-state index >= 15 is 0 Å². The highest BCUT2D eigenvalue weighted by molar-refractivity contribution is 9.10. The maximum Gasteiger partial charge on any atom is 0.267 e. The molecule has 0 fully saturated rings. The van der Waals surface area contributed by atoms with Crippen LogP contribution in [0.3, 0.4) is 0 Å². The van der Waals surface area contributed by atoms with Gasteiger partial charge in [-0.25, -0.2) is 0 Å². The van der Waals surface area contributed by atoms with Gasteiger partial charge >= 0.3 is 0 Å². The average molecular weight is 361 g/mol. The van der Waals surface area contributed by atoms with Crippen LogP contribution in [-0.4, -0.2) is 5.91 Å². The second kappa shape index (κ2) is 5.50. The maximum absolute atomic E-state index is 12.5. The fraction of sp³-hybridized carbons (Fsp3) is 0.0625. The molecule has 0 spiro atoms. The van der Waals surface area contributed by atoms with Gasteiger partial charge in [0.15, 0.2) is 0 Å². The largest absolute Gasteiger partial charge is 0.397 e. The molecule has 0 atom stereocenters. The number of hydrogen-bond donors (Lipinski definition) is 2. The highest BCUT2D eigenvalue weighted by Crippen LogP contribution is 2.34. The number of fused-ring (bicyclic) bond motifs is 1. The zero-order chi connectivity index (χ0) is 15.0. The molecular formula is C16H13BrN2OS. The number of nitrogens with one attached hydrogen (secondary N) is 1. The lowest BCUT2D eigenvalue weighted by Crippen LogP contribution is -2.12. The Hall–Kier alpha value is -1.85. The molecule has 5 heteroatoms. The van der Waals surface area contributed by atoms with Crippen LogP contribution in [0.15, 0.2) is 46.9 Å². The molecule has 1 amide bonds. The van der Waals surface area contributed by atoms with E-state index in [4.69, 9.17) is 5.73 Å². The summed E-state index contributed by atoms with van der Waals surface area (Å²) in [6, 6.07) is 13.5. The standard InChI is InChI=1S/C16H13BrN2OS/c1-9-11(17)6-4-7-12(9)19-16(20)15-14(18)10-5-2-3-8-13(10)21-15/h2-8H,18H2,1H3,(H,19,20). The zero-order valence-electron chi connectivity index (χ0n) is 11.3. The minimum absolute atomic E-state index is 0.171. The summed E-state index contributed by atoms with van der Waals surface area (Å²) >= 11 is 4.87. The molecule has 3 rings (SSSR count). The fourth-order valence-corrected chi connectivity index (χ4v) is 3.54. The van der Waals surface area contributed by atoms with Gasteiger partial charge in [-0.1, -0.05) is 40.2 Å². The third-order valence-electron chi connectivity index (χ3n) is 3.36. The van der Waals surface area contributed by atoms with Crippen molar-refractivity contribution in [1.29, 1.82) is 0 Å². The molecule has 106 valence electrons. The lowest BCUT2D eigenvalue weighted by molar-refractivity contribution is 0.103. The Morgan fingerprint density at radius 2 is 1.95 bits per heavy atom. The molecule has 0 saturated carbocycles. The molecule has 0 aliphatic heterocycles. The number of carbonyl (C=O) groups is 1. The van der Waals surface area contributed by atoms with Gasteiger partial charge < -0.3 is 11.1 Å². The molecule has 21 heavy (non-hydrogen) atoms. The van der Waals surface area contributed by atoms with Crippen molar-refractivity contribution in [2.45, 2.75) is 6.92 Å². The summed E-state index contributed by atoms with van der Waals surface area (Å²) in [4.78, 5) is 13.0. The molecule has 0 unspecified atom stereocenters. The molecule has 1 heterocycles. The summed E-state index contributed by atoms with van der Waals surface area (Å²) in [5.41, 5.74) is 8.42. The van der Waals surface area contributed by atoms with Crippen LogP contribution in [0.1, 0.15) is 15.2 Å². The van der Waals surface area contributed by atoms with E-state index < -0.39 is 0 Å². The molecule has 3 nitrogen and oxygen atoms in total. The van der Waals surface area contributed by atoms with Crippen LogP contribution in [0.4, 0.5) is 11.4 Å². The molecule has 0 radical (unpaired) electrons. The highest BCUT2D eigenvalue weighted by Gasteiger charge is 2.17. The first-order valence-electron chi connectivity index (χ1n) is 6.41. The number of hydrogen-bond acceptors (Lipinski definition) is 3. The number of rotatable bonds is 2. The van der Waals surface area contributed by atoms with E-state index in [2.05, 4.69) is 21.2 Å². The van der Waals surface area contributed by atoms with Crippen molar-refractivity contribution in [1.82, 2.24) is 0 Å². The Balaban J connectivity index is 1.97. The molecule has 3 N–H and O–H groups in total. The van der Waals surface area contributed by atoms with Crippen LogP contribution in [-0.2, 0) is 0 Å². The van der Waals surface area contributed by atoms with E-state index in [1.807, 2.05) is 49.4 Å². The SMILES string of the molecule is Cc1c(Br)cccc1NC(=O)c1sc2ccccc2c1N. The number of nitrogen functional groups attached to an aromatic ring is 1. The van der Waals surface area contributed by atoms with E-state index in [-0.39, 0.29) is 5.91 Å². The topological polar surface area (TPSA) is 55.1 Å². The number of nitrogens with two attached hydrogens (primary N) is 1. The number of benzene rings is 2. The Morgan fingerprint density at radius 3 is 2.71 bits per heavy atom. The van der Waals surface area contributed by atoms with Gasteiger partial charge in [-0.15, -0.1) is 11.3 Å². The Morgan fingerprint density at radius 1 is 1.19 bits per heavy atom. The van der Waals surface area contributed by atoms with Crippen molar-refractivity contribution >= 4 is 54.6 Å². The van der Waals surface area contributed by atoms with Gasteiger partial charge in [0.05, 0.1) is 5.69 Å². The number of amides is 1. The van der Waals surface area contributed by atoms with Gasteiger partial charge in [-0.2, -0.15) is 0 Å². The highest BCUT2D eigenvalue weighted by atomic mass is 79.9. The first kappa shape index (κ1) is 14.1. The molecule has 0 aliphatic rings. The van der Waals surface area contributed by atoms with Crippen LogP contribution in [0.5, 0.6) is 0 Å². The number of thiophene rings is 1. The number of anilines is 2. The summed E-state index contributed by atoms with van der Waals surface area (Å²) in [7, 11) is 0. The van der Waals surface area contributed by atoms with Crippen LogP contribution in [0.25, 0.3) is 10.1 Å². The maximum atomic E-state index is 12.5. The predicted molar refractivity (Wildman–Crippen MR) is 93.1 cm³/mol. The van der Waals surface area contributed by atoms with Crippen LogP contribution < -0.4 is 11.1 Å². The number of carbonyl (C=O) groups excluding carboxylic acids is 1. The van der Waals surface area contributed by atoms with Gasteiger partial charge in [0.1, 0.15) is 4.88 Å². The van der Waals surface area contributed by atoms with Crippen molar-refractivity contribution < 1.29 is 4.79 Å². The third-order valence-corrected chi connectivity index (χ3v) is 5.40. The summed E-state index contributed by atoms with van der Waals surface area (Å²) in [5.74, 6) is -0.171. The number of halogens is 1. The summed E-state index contributed by atoms with van der Waals surface area (Å²) < 4.78 is 1.98. The van der Waals surface area contributed by atoms with Crippen molar-refractivity contribution in [3.05, 3.63) is 57.4 Å². The second-order valence-electron chi connectivity index (χ2n) is 4.71. The molecule has 3 aromatic rings. The zero-order valence-corrected chi connectivity index (χ0v) is 13.7. The van der Waals surface area contributed by atoms with E-state index in [0.29, 0.717) is 10.6 Å². The van der Waals surface area contributed by atoms with Crippen LogP contribution in [0, 0.1) is 6.92 Å². The van der Waals surface area contributed by atoms with Gasteiger partial charge in [0.2, 0.25) is 0 Å². The summed E-state index contributed by atoms with van der Waals surface area (Å²) in [6.45, 7) is 1.95. The Bertz CT molecular complexity index is 841. The minimum Gasteiger partial charge on any atom is -0.397 e. The Labute approximate surface area is 134 Å². The molecule has 0 saturated heterocycles. The lowest BCUT2D eigenvalue weighted by Gasteiger charge is -2.09. The average Bonchev–Trinajstić information content (AvgIpc) is 2.82. The van der Waals surface area contributed by atoms with Crippen LogP contribution in [0.2, 0.25) is 0 Å². The van der Waals surface area contributed by atoms with E-state index in [1.165, 1.54) is 11.3 Å². The van der Waals surface area contributed by atoms with Crippen molar-refractivity contribution in [3.63, 3.8) is 0 Å². The Kier molecular flexibility index (Phi) is 3.69. The van der Waals surface area contributed by atoms with Gasteiger partial charge in [-0.3, -0.25) is 4.79 Å². The summed E-state index contributed by atoms with van der Waals surface area (Å²) in [5, 5.41) is 3.86. The van der Waals surface area contributed by atoms with E-state index in [9.17, 15) is 4.79 Å². The van der Waals surface area contributed by atoms with Gasteiger partial charge in [0, 0.05) is 20.2 Å². The monoisotopic (exact) mass is 360 g/mol. The van der Waals surface area contributed by atoms with Crippen molar-refractivity contribution in [3.8, 4) is 0 Å². The summed E-state index contributed by atoms with van der Waals surface area (Å²) in [6.07, 6.45) is 0.